The van der Waals surface area contributed by atoms with Crippen LogP contribution < -0.4 is 0 Å². The molecule has 0 radical (unpaired) electrons. The summed E-state index contributed by atoms with van der Waals surface area (Å²) in [5.41, 5.74) is 2.46. The van der Waals surface area contributed by atoms with Crippen molar-refractivity contribution in [2.75, 3.05) is 0 Å². The van der Waals surface area contributed by atoms with Crippen LogP contribution >= 0.6 is 0 Å². The van der Waals surface area contributed by atoms with E-state index in [2.05, 4.69) is 31.2 Å². The topological polar surface area (TPSA) is 26.3 Å². The third-order valence-electron chi connectivity index (χ3n) is 3.39. The van der Waals surface area contributed by atoms with Gasteiger partial charge in [-0.2, -0.15) is 30.3 Å². The van der Waals surface area contributed by atoms with Crippen LogP contribution in [0.4, 0.5) is 0 Å². The van der Waals surface area contributed by atoms with Gasteiger partial charge >= 0.3 is 23.0 Å². The van der Waals surface area contributed by atoms with Gasteiger partial charge in [-0.15, -0.1) is 5.56 Å². The van der Waals surface area contributed by atoms with Crippen LogP contribution in [0.2, 0.25) is 0 Å². The Hall–Kier alpha value is -2.09. The Kier molecular flexibility index (Phi) is 14.0. The summed E-state index contributed by atoms with van der Waals surface area (Å²) in [7, 11) is 0. The van der Waals surface area contributed by atoms with E-state index in [1.807, 2.05) is 74.5 Å². The van der Waals surface area contributed by atoms with Crippen LogP contribution in [0, 0.1) is 5.92 Å². The molecule has 0 heterocycles. The van der Waals surface area contributed by atoms with E-state index in [1.54, 1.807) is 0 Å². The largest absolute Gasteiger partial charge is 2.00 e. The number of benzene rings is 1. The Balaban J connectivity index is 0.000000385. The molecule has 3 aromatic rings. The third kappa shape index (κ3) is 11.5. The first-order chi connectivity index (χ1) is 12.1. The zero-order valence-corrected chi connectivity index (χ0v) is 16.8. The second kappa shape index (κ2) is 15.2. The molecule has 3 heteroatoms. The van der Waals surface area contributed by atoms with Crippen molar-refractivity contribution in [1.82, 2.24) is 0 Å². The number of esters is 1. The van der Waals surface area contributed by atoms with Crippen LogP contribution in [-0.4, -0.2) is 5.97 Å². The second-order valence-corrected chi connectivity index (χ2v) is 5.86. The average Bonchev–Trinajstić information content (AvgIpc) is 3.37. The van der Waals surface area contributed by atoms with E-state index in [4.69, 9.17) is 4.74 Å². The van der Waals surface area contributed by atoms with Crippen LogP contribution in [0.25, 0.3) is 0 Å². The van der Waals surface area contributed by atoms with Crippen LogP contribution in [0.1, 0.15) is 31.9 Å². The molecule has 0 bridgehead atoms. The van der Waals surface area contributed by atoms with E-state index < -0.39 is 0 Å². The molecule has 0 aromatic heterocycles. The maximum absolute atomic E-state index is 11.0. The minimum atomic E-state index is -0.142. The van der Waals surface area contributed by atoms with E-state index >= 15 is 0 Å². The molecule has 0 saturated heterocycles. The van der Waals surface area contributed by atoms with Crippen LogP contribution in [-0.2, 0) is 39.6 Å². The first-order valence-corrected chi connectivity index (χ1v) is 8.71. The molecule has 0 atom stereocenters. The fraction of sp³-hybridized carbons (Fsp3) is 0.261. The number of carbonyl (C=O) groups excluding carboxylic acids is 1. The normalized spacial score (nSPS) is 9.08. The van der Waals surface area contributed by atoms with Crippen LogP contribution in [0.3, 0.4) is 0 Å². The van der Waals surface area contributed by atoms with Crippen molar-refractivity contribution in [3.05, 3.63) is 96.1 Å². The summed E-state index contributed by atoms with van der Waals surface area (Å²) in [5, 5.41) is 0. The third-order valence-corrected chi connectivity index (χ3v) is 3.39. The summed E-state index contributed by atoms with van der Waals surface area (Å²) >= 11 is 0. The quantitative estimate of drug-likeness (QED) is 0.321. The van der Waals surface area contributed by atoms with Crippen LogP contribution in [0.5, 0.6) is 0 Å². The van der Waals surface area contributed by atoms with Gasteiger partial charge in [0.05, 0.1) is 12.5 Å². The molecule has 0 fully saturated rings. The molecule has 0 N–H and O–H groups in total. The van der Waals surface area contributed by atoms with Gasteiger partial charge in [-0.1, -0.05) is 51.1 Å². The first kappa shape index (κ1) is 23.9. The molecule has 0 aliphatic carbocycles. The molecular weight excluding hydrogens is 364 g/mol. The molecule has 0 aliphatic heterocycles. The van der Waals surface area contributed by atoms with E-state index in [9.17, 15) is 4.79 Å². The predicted octanol–water partition coefficient (Wildman–Crippen LogP) is 5.76. The standard InChI is InChI=1S/C10H13O2.C8H10.C5H5.Fe/c1-8(2)10(11)12-7-9-5-3-4-6-9;1-2-8-6-4-3-5-7-8;1-2-4-5-3-1;/h3-6,8H,7H2,1-2H3;3-7H,2H2,1H3;1-5H;/q-1;;-1;+2. The molecule has 0 saturated carbocycles. The number of hydrogen-bond acceptors (Lipinski definition) is 2. The summed E-state index contributed by atoms with van der Waals surface area (Å²) in [4.78, 5) is 11.0. The van der Waals surface area contributed by atoms with Crippen molar-refractivity contribution < 1.29 is 26.6 Å². The number of rotatable bonds is 4. The molecular formula is C23H28FeO2. The van der Waals surface area contributed by atoms with Crippen molar-refractivity contribution in [2.45, 2.75) is 33.8 Å². The van der Waals surface area contributed by atoms with E-state index in [1.165, 1.54) is 5.56 Å². The Morgan fingerprint density at radius 2 is 1.62 bits per heavy atom. The van der Waals surface area contributed by atoms with Gasteiger partial charge in [-0.25, -0.2) is 24.3 Å². The molecule has 0 unspecified atom stereocenters. The Bertz CT molecular complexity index is 624. The SMILES string of the molecule is CC(C)C(=O)OCc1ccc[cH-]1.CCc1ccccc1.[Fe+2].c1cc[cH-]c1. The maximum Gasteiger partial charge on any atom is 2.00 e. The van der Waals surface area contributed by atoms with Gasteiger partial charge in [-0.05, 0) is 12.0 Å². The molecule has 0 aliphatic rings. The van der Waals surface area contributed by atoms with Crippen molar-refractivity contribution in [1.29, 1.82) is 0 Å². The van der Waals surface area contributed by atoms with E-state index in [0.717, 1.165) is 12.0 Å². The summed E-state index contributed by atoms with van der Waals surface area (Å²) < 4.78 is 5.01. The second-order valence-electron chi connectivity index (χ2n) is 5.86. The van der Waals surface area contributed by atoms with Gasteiger partial charge in [-0.3, -0.25) is 4.79 Å². The van der Waals surface area contributed by atoms with Gasteiger partial charge in [0.15, 0.2) is 0 Å². The summed E-state index contributed by atoms with van der Waals surface area (Å²) in [5.74, 6) is -0.184. The summed E-state index contributed by atoms with van der Waals surface area (Å²) in [6.07, 6.45) is 1.14. The van der Waals surface area contributed by atoms with Crippen molar-refractivity contribution in [2.24, 2.45) is 5.92 Å². The predicted molar refractivity (Wildman–Crippen MR) is 105 cm³/mol. The van der Waals surface area contributed by atoms with Crippen LogP contribution in [0.15, 0.2) is 84.9 Å². The Morgan fingerprint density at radius 1 is 0.962 bits per heavy atom. The van der Waals surface area contributed by atoms with Gasteiger partial charge in [0, 0.05) is 0 Å². The smallest absolute Gasteiger partial charge is 0.463 e. The molecule has 2 nitrogen and oxygen atoms in total. The molecule has 3 rings (SSSR count). The molecule has 26 heavy (non-hydrogen) atoms. The van der Waals surface area contributed by atoms with Crippen molar-refractivity contribution in [3.8, 4) is 0 Å². The zero-order chi connectivity index (χ0) is 18.3. The van der Waals surface area contributed by atoms with Gasteiger partial charge < -0.3 is 4.74 Å². The van der Waals surface area contributed by atoms with E-state index in [-0.39, 0.29) is 29.0 Å². The molecule has 3 aromatic carbocycles. The number of hydrogen-bond donors (Lipinski definition) is 0. The monoisotopic (exact) mass is 392 g/mol. The Labute approximate surface area is 168 Å². The maximum atomic E-state index is 11.0. The average molecular weight is 392 g/mol. The minimum absolute atomic E-state index is 0. The number of ether oxygens (including phenoxy) is 1. The summed E-state index contributed by atoms with van der Waals surface area (Å²) in [6.45, 7) is 6.21. The molecule has 0 amide bonds. The molecule has 140 valence electrons. The fourth-order valence-electron chi connectivity index (χ4n) is 1.87. The summed E-state index contributed by atoms with van der Waals surface area (Å²) in [6, 6.07) is 28.2. The molecule has 0 spiro atoms. The Morgan fingerprint density at radius 3 is 2.00 bits per heavy atom. The van der Waals surface area contributed by atoms with Gasteiger partial charge in [0.1, 0.15) is 0 Å². The van der Waals surface area contributed by atoms with Gasteiger partial charge in [0.25, 0.3) is 0 Å². The first-order valence-electron chi connectivity index (χ1n) is 8.71. The minimum Gasteiger partial charge on any atom is -0.463 e. The number of aryl methyl sites for hydroxylation is 1. The van der Waals surface area contributed by atoms with Crippen molar-refractivity contribution in [3.63, 3.8) is 0 Å². The van der Waals surface area contributed by atoms with Crippen molar-refractivity contribution >= 4 is 5.97 Å². The fourth-order valence-corrected chi connectivity index (χ4v) is 1.87. The number of carbonyl (C=O) groups is 1. The zero-order valence-electron chi connectivity index (χ0n) is 15.7. The van der Waals surface area contributed by atoms with E-state index in [0.29, 0.717) is 6.61 Å². The van der Waals surface area contributed by atoms with Gasteiger partial charge in [0.2, 0.25) is 0 Å².